The number of carbonyl (C=O) groups is 2. The molecule has 1 N–H and O–H groups in total. The first kappa shape index (κ1) is 30.3. The molecule has 0 saturated heterocycles. The van der Waals surface area contributed by atoms with E-state index in [2.05, 4.69) is 13.8 Å². The third-order valence-electron chi connectivity index (χ3n) is 4.64. The van der Waals surface area contributed by atoms with Gasteiger partial charge >= 0.3 is 49.7 Å². The molecule has 0 saturated carbocycles. The third-order valence-corrected chi connectivity index (χ3v) is 5.47. The fourth-order valence-corrected chi connectivity index (χ4v) is 3.44. The second-order valence-electron chi connectivity index (χ2n) is 7.32. The van der Waals surface area contributed by atoms with Crippen molar-refractivity contribution in [3.63, 3.8) is 0 Å². The summed E-state index contributed by atoms with van der Waals surface area (Å²) in [5, 5.41) is 0. The SMILES string of the molecule is CCCCCCCOC(=O)c1cc(C(=O)OCCCCCCC)cc(S(=O)(=O)O)c1.[Ca+2]. The number of unbranched alkanes of at least 4 members (excludes halogenated alkanes) is 8. The van der Waals surface area contributed by atoms with Gasteiger partial charge in [-0.25, -0.2) is 9.59 Å². The summed E-state index contributed by atoms with van der Waals surface area (Å²) >= 11 is 0. The zero-order chi connectivity index (χ0) is 22.4. The predicted octanol–water partition coefficient (Wildman–Crippen LogP) is 4.81. The molecular formula is C22H34CaO7S+2. The Morgan fingerprint density at radius 1 is 0.742 bits per heavy atom. The molecule has 0 heterocycles. The van der Waals surface area contributed by atoms with Crippen molar-refractivity contribution < 1.29 is 32.0 Å². The first-order valence-electron chi connectivity index (χ1n) is 10.8. The van der Waals surface area contributed by atoms with E-state index >= 15 is 0 Å². The van der Waals surface area contributed by atoms with Gasteiger partial charge in [-0.05, 0) is 31.0 Å². The average Bonchev–Trinajstić information content (AvgIpc) is 2.71. The van der Waals surface area contributed by atoms with Crippen LogP contribution in [0.1, 0.15) is 98.8 Å². The van der Waals surface area contributed by atoms with Gasteiger partial charge in [-0.3, -0.25) is 4.55 Å². The smallest absolute Gasteiger partial charge is 0.462 e. The molecule has 1 aromatic carbocycles. The van der Waals surface area contributed by atoms with E-state index in [0.29, 0.717) is 12.8 Å². The third kappa shape index (κ3) is 12.8. The Labute approximate surface area is 216 Å². The van der Waals surface area contributed by atoms with Gasteiger partial charge in [0.2, 0.25) is 0 Å². The van der Waals surface area contributed by atoms with Crippen LogP contribution in [0.5, 0.6) is 0 Å². The molecule has 170 valence electrons. The van der Waals surface area contributed by atoms with E-state index in [1.807, 2.05) is 0 Å². The fourth-order valence-electron chi connectivity index (χ4n) is 2.89. The first-order chi connectivity index (χ1) is 14.3. The zero-order valence-corrected chi connectivity index (χ0v) is 21.8. The van der Waals surface area contributed by atoms with Crippen LogP contribution in [0, 0.1) is 0 Å². The Morgan fingerprint density at radius 2 is 1.13 bits per heavy atom. The zero-order valence-electron chi connectivity index (χ0n) is 18.7. The Bertz CT molecular complexity index is 732. The van der Waals surface area contributed by atoms with E-state index in [1.54, 1.807) is 0 Å². The van der Waals surface area contributed by atoms with Crippen molar-refractivity contribution in [2.24, 2.45) is 0 Å². The summed E-state index contributed by atoms with van der Waals surface area (Å²) in [7, 11) is -4.60. The van der Waals surface area contributed by atoms with Crippen LogP contribution < -0.4 is 0 Å². The molecule has 1 rings (SSSR count). The summed E-state index contributed by atoms with van der Waals surface area (Å²) < 4.78 is 42.8. The molecule has 0 amide bonds. The molecule has 0 atom stereocenters. The molecule has 7 nitrogen and oxygen atoms in total. The summed E-state index contributed by atoms with van der Waals surface area (Å²) in [4.78, 5) is 24.0. The Morgan fingerprint density at radius 3 is 1.48 bits per heavy atom. The molecule has 0 aliphatic carbocycles. The molecule has 0 bridgehead atoms. The van der Waals surface area contributed by atoms with Crippen molar-refractivity contribution in [2.75, 3.05) is 13.2 Å². The van der Waals surface area contributed by atoms with Crippen molar-refractivity contribution >= 4 is 59.8 Å². The van der Waals surface area contributed by atoms with Gasteiger partial charge in [-0.1, -0.05) is 65.2 Å². The van der Waals surface area contributed by atoms with E-state index in [4.69, 9.17) is 9.47 Å². The van der Waals surface area contributed by atoms with Gasteiger partial charge in [0.15, 0.2) is 0 Å². The topological polar surface area (TPSA) is 107 Å². The molecule has 0 fully saturated rings. The largest absolute Gasteiger partial charge is 2.00 e. The summed E-state index contributed by atoms with van der Waals surface area (Å²) in [6.45, 7) is 4.63. The molecule has 0 unspecified atom stereocenters. The molecule has 0 aliphatic heterocycles. The number of carbonyl (C=O) groups excluding carboxylic acids is 2. The number of benzene rings is 1. The maximum absolute atomic E-state index is 12.3. The van der Waals surface area contributed by atoms with Crippen LogP contribution in [-0.4, -0.2) is 75.9 Å². The van der Waals surface area contributed by atoms with Gasteiger partial charge < -0.3 is 9.47 Å². The molecule has 0 radical (unpaired) electrons. The second-order valence-corrected chi connectivity index (χ2v) is 8.74. The first-order valence-corrected chi connectivity index (χ1v) is 12.2. The Hall–Kier alpha value is -0.670. The monoisotopic (exact) mass is 482 g/mol. The molecule has 31 heavy (non-hydrogen) atoms. The van der Waals surface area contributed by atoms with Crippen LogP contribution >= 0.6 is 0 Å². The van der Waals surface area contributed by atoms with Crippen molar-refractivity contribution in [1.82, 2.24) is 0 Å². The minimum Gasteiger partial charge on any atom is -0.462 e. The Balaban J connectivity index is 0.00000900. The maximum Gasteiger partial charge on any atom is 2.00 e. The van der Waals surface area contributed by atoms with Gasteiger partial charge in [0.05, 0.1) is 29.2 Å². The van der Waals surface area contributed by atoms with Gasteiger partial charge in [0.25, 0.3) is 10.1 Å². The van der Waals surface area contributed by atoms with E-state index in [1.165, 1.54) is 6.07 Å². The van der Waals surface area contributed by atoms with Gasteiger partial charge in [-0.2, -0.15) is 8.42 Å². The number of rotatable bonds is 15. The summed E-state index contributed by atoms with van der Waals surface area (Å²) in [5.41, 5.74) is -0.234. The predicted molar refractivity (Wildman–Crippen MR) is 120 cm³/mol. The minimum absolute atomic E-state index is 0. The van der Waals surface area contributed by atoms with Gasteiger partial charge in [0, 0.05) is 0 Å². The van der Waals surface area contributed by atoms with Crippen LogP contribution in [-0.2, 0) is 19.6 Å². The molecule has 9 heteroatoms. The van der Waals surface area contributed by atoms with Gasteiger partial charge in [-0.15, -0.1) is 0 Å². The molecule has 0 aromatic heterocycles. The van der Waals surface area contributed by atoms with Crippen LogP contribution in [0.25, 0.3) is 0 Å². The number of hydrogen-bond acceptors (Lipinski definition) is 6. The van der Waals surface area contributed by atoms with Crippen LogP contribution in [0.4, 0.5) is 0 Å². The molecular weight excluding hydrogens is 448 g/mol. The van der Waals surface area contributed by atoms with E-state index in [0.717, 1.165) is 63.5 Å². The molecule has 0 spiro atoms. The van der Waals surface area contributed by atoms with Crippen LogP contribution in [0.3, 0.4) is 0 Å². The number of ether oxygens (including phenoxy) is 2. The second kappa shape index (κ2) is 16.9. The minimum atomic E-state index is -4.60. The summed E-state index contributed by atoms with van der Waals surface area (Å²) in [6, 6.07) is 3.22. The Kier molecular flexibility index (Phi) is 16.5. The van der Waals surface area contributed by atoms with E-state index < -0.39 is 27.0 Å². The van der Waals surface area contributed by atoms with Crippen molar-refractivity contribution in [2.45, 2.75) is 83.0 Å². The number of hydrogen-bond donors (Lipinski definition) is 1. The maximum atomic E-state index is 12.3. The molecule has 0 aliphatic rings. The van der Waals surface area contributed by atoms with Crippen LogP contribution in [0.2, 0.25) is 0 Å². The quantitative estimate of drug-likeness (QED) is 0.165. The summed E-state index contributed by atoms with van der Waals surface area (Å²) in [5.74, 6) is -1.49. The number of esters is 2. The molecule has 1 aromatic rings. The van der Waals surface area contributed by atoms with Crippen molar-refractivity contribution in [3.05, 3.63) is 29.3 Å². The summed E-state index contributed by atoms with van der Waals surface area (Å²) in [6.07, 6.45) is 9.85. The standard InChI is InChI=1S/C22H34O7S.Ca/c1-3-5-7-9-11-13-28-21(23)18-15-19(17-20(16-18)30(25,26)27)22(24)29-14-12-10-8-6-4-2;/h15-17H,3-14H2,1-2H3,(H,25,26,27);/q;+2. The van der Waals surface area contributed by atoms with Crippen molar-refractivity contribution in [1.29, 1.82) is 0 Å². The average molecular weight is 483 g/mol. The van der Waals surface area contributed by atoms with Crippen LogP contribution in [0.15, 0.2) is 23.1 Å². The van der Waals surface area contributed by atoms with E-state index in [9.17, 15) is 22.6 Å². The van der Waals surface area contributed by atoms with Gasteiger partial charge in [0.1, 0.15) is 0 Å². The normalized spacial score (nSPS) is 10.9. The van der Waals surface area contributed by atoms with E-state index in [-0.39, 0.29) is 62.1 Å². The van der Waals surface area contributed by atoms with Crippen molar-refractivity contribution in [3.8, 4) is 0 Å². The fraction of sp³-hybridized carbons (Fsp3) is 0.636.